The number of sulfone groups is 1. The van der Waals surface area contributed by atoms with Crippen LogP contribution in [-0.2, 0) is 27.7 Å². The zero-order valence-electron chi connectivity index (χ0n) is 10.2. The maximum absolute atomic E-state index is 11.1. The number of ether oxygens (including phenoxy) is 1. The quantitative estimate of drug-likeness (QED) is 0.648. The first-order valence-electron chi connectivity index (χ1n) is 5.39. The molecule has 0 fully saturated rings. The van der Waals surface area contributed by atoms with E-state index in [0.717, 1.165) is 12.2 Å². The van der Waals surface area contributed by atoms with E-state index >= 15 is 0 Å². The number of nitrogens with zero attached hydrogens (tertiary/aromatic N) is 2. The fourth-order valence-corrected chi connectivity index (χ4v) is 1.88. The number of aromatic nitrogens is 2. The summed E-state index contributed by atoms with van der Waals surface area (Å²) in [6, 6.07) is 0. The molecular formula is C10H19N3O3S. The first-order chi connectivity index (χ1) is 8.03. The van der Waals surface area contributed by atoms with E-state index in [9.17, 15) is 8.42 Å². The second-order valence-electron chi connectivity index (χ2n) is 3.88. The highest BCUT2D eigenvalue weighted by atomic mass is 32.2. The topological polar surface area (TPSA) is 73.2 Å². The molecule has 1 rings (SSSR count). The number of hydrogen-bond acceptors (Lipinski definition) is 5. The molecule has 0 atom stereocenters. The van der Waals surface area contributed by atoms with Crippen LogP contribution < -0.4 is 5.32 Å². The van der Waals surface area contributed by atoms with Crippen molar-refractivity contribution < 1.29 is 13.2 Å². The van der Waals surface area contributed by atoms with Crippen LogP contribution >= 0.6 is 0 Å². The van der Waals surface area contributed by atoms with E-state index in [1.807, 2.05) is 4.57 Å². The molecule has 0 bridgehead atoms. The molecule has 0 amide bonds. The van der Waals surface area contributed by atoms with Crippen LogP contribution in [0.5, 0.6) is 0 Å². The van der Waals surface area contributed by atoms with Gasteiger partial charge < -0.3 is 14.6 Å². The summed E-state index contributed by atoms with van der Waals surface area (Å²) in [6.45, 7) is 2.51. The van der Waals surface area contributed by atoms with Crippen LogP contribution in [0.25, 0.3) is 0 Å². The summed E-state index contributed by atoms with van der Waals surface area (Å²) in [5.74, 6) is 0.133. The Morgan fingerprint density at radius 2 is 2.29 bits per heavy atom. The summed E-state index contributed by atoms with van der Waals surface area (Å²) >= 11 is 0. The minimum atomic E-state index is -2.94. The standard InChI is InChI=1S/C10H19N3O3S/c1-16-5-3-11-7-10-8-12-9-13(10)4-6-17(2,14)15/h8-9,11H,3-7H2,1-2H3. The largest absolute Gasteiger partial charge is 0.383 e. The van der Waals surface area contributed by atoms with Crippen molar-refractivity contribution in [2.45, 2.75) is 13.1 Å². The predicted molar refractivity (Wildman–Crippen MR) is 65.5 cm³/mol. The molecule has 1 heterocycles. The first-order valence-corrected chi connectivity index (χ1v) is 7.45. The second kappa shape index (κ2) is 6.73. The molecule has 98 valence electrons. The lowest BCUT2D eigenvalue weighted by Crippen LogP contribution is -2.21. The average Bonchev–Trinajstić information content (AvgIpc) is 2.68. The van der Waals surface area contributed by atoms with E-state index in [1.54, 1.807) is 19.6 Å². The highest BCUT2D eigenvalue weighted by Gasteiger charge is 2.06. The Kier molecular flexibility index (Phi) is 5.60. The number of hydrogen-bond donors (Lipinski definition) is 1. The van der Waals surface area contributed by atoms with Crippen molar-refractivity contribution in [2.75, 3.05) is 32.3 Å². The van der Waals surface area contributed by atoms with Crippen molar-refractivity contribution >= 4 is 9.84 Å². The second-order valence-corrected chi connectivity index (χ2v) is 6.14. The molecular weight excluding hydrogens is 242 g/mol. The van der Waals surface area contributed by atoms with Crippen molar-refractivity contribution in [3.05, 3.63) is 18.2 Å². The van der Waals surface area contributed by atoms with Gasteiger partial charge in [-0.1, -0.05) is 0 Å². The molecule has 0 radical (unpaired) electrons. The molecule has 0 saturated carbocycles. The molecule has 0 aliphatic heterocycles. The van der Waals surface area contributed by atoms with Gasteiger partial charge in [0.05, 0.1) is 24.4 Å². The lowest BCUT2D eigenvalue weighted by molar-refractivity contribution is 0.199. The third-order valence-corrected chi connectivity index (χ3v) is 3.21. The van der Waals surface area contributed by atoms with Crippen LogP contribution in [0.4, 0.5) is 0 Å². The predicted octanol–water partition coefficient (Wildman–Crippen LogP) is -0.336. The number of nitrogens with one attached hydrogen (secondary N) is 1. The van der Waals surface area contributed by atoms with Gasteiger partial charge in [0.1, 0.15) is 9.84 Å². The third-order valence-electron chi connectivity index (χ3n) is 2.29. The van der Waals surface area contributed by atoms with Crippen LogP contribution in [0, 0.1) is 0 Å². The van der Waals surface area contributed by atoms with E-state index in [1.165, 1.54) is 6.26 Å². The van der Waals surface area contributed by atoms with E-state index in [4.69, 9.17) is 4.74 Å². The third kappa shape index (κ3) is 5.81. The van der Waals surface area contributed by atoms with Gasteiger partial charge in [0.2, 0.25) is 0 Å². The van der Waals surface area contributed by atoms with E-state index < -0.39 is 9.84 Å². The van der Waals surface area contributed by atoms with Crippen molar-refractivity contribution in [3.8, 4) is 0 Å². The van der Waals surface area contributed by atoms with Crippen LogP contribution in [0.1, 0.15) is 5.69 Å². The first kappa shape index (κ1) is 14.1. The Morgan fingerprint density at radius 1 is 1.53 bits per heavy atom. The van der Waals surface area contributed by atoms with Gasteiger partial charge in [-0.05, 0) is 0 Å². The smallest absolute Gasteiger partial charge is 0.149 e. The maximum Gasteiger partial charge on any atom is 0.149 e. The van der Waals surface area contributed by atoms with Gasteiger partial charge in [-0.15, -0.1) is 0 Å². The highest BCUT2D eigenvalue weighted by molar-refractivity contribution is 7.90. The molecule has 1 N–H and O–H groups in total. The van der Waals surface area contributed by atoms with E-state index in [0.29, 0.717) is 19.7 Å². The van der Waals surface area contributed by atoms with Gasteiger partial charge in [-0.2, -0.15) is 0 Å². The lowest BCUT2D eigenvalue weighted by atomic mass is 10.4. The summed E-state index contributed by atoms with van der Waals surface area (Å²) in [7, 11) is -1.28. The molecule has 0 aromatic carbocycles. The monoisotopic (exact) mass is 261 g/mol. The van der Waals surface area contributed by atoms with Crippen LogP contribution in [0.2, 0.25) is 0 Å². The van der Waals surface area contributed by atoms with Gasteiger partial charge in [0.25, 0.3) is 0 Å². The Balaban J connectivity index is 2.43. The van der Waals surface area contributed by atoms with E-state index in [2.05, 4.69) is 10.3 Å². The minimum Gasteiger partial charge on any atom is -0.383 e. The SMILES string of the molecule is COCCNCc1cncn1CCS(C)(=O)=O. The molecule has 0 aliphatic rings. The normalized spacial score (nSPS) is 11.9. The van der Waals surface area contributed by atoms with E-state index in [-0.39, 0.29) is 5.75 Å². The number of rotatable bonds is 8. The van der Waals surface area contributed by atoms with Gasteiger partial charge in [0, 0.05) is 39.2 Å². The summed E-state index contributed by atoms with van der Waals surface area (Å²) in [4.78, 5) is 4.02. The molecule has 0 aliphatic carbocycles. The van der Waals surface area contributed by atoms with Gasteiger partial charge in [0.15, 0.2) is 0 Å². The summed E-state index contributed by atoms with van der Waals surface area (Å²) in [5.41, 5.74) is 0.977. The fourth-order valence-electron chi connectivity index (χ4n) is 1.35. The number of aryl methyl sites for hydroxylation is 1. The summed E-state index contributed by atoms with van der Waals surface area (Å²) in [6.07, 6.45) is 4.63. The maximum atomic E-state index is 11.1. The Hall–Kier alpha value is -0.920. The van der Waals surface area contributed by atoms with Crippen molar-refractivity contribution in [3.63, 3.8) is 0 Å². The zero-order chi connectivity index (χ0) is 12.7. The van der Waals surface area contributed by atoms with Crippen molar-refractivity contribution in [1.29, 1.82) is 0 Å². The minimum absolute atomic E-state index is 0.133. The van der Waals surface area contributed by atoms with Crippen LogP contribution in [0.15, 0.2) is 12.5 Å². The van der Waals surface area contributed by atoms with Gasteiger partial charge >= 0.3 is 0 Å². The number of imidazole rings is 1. The van der Waals surface area contributed by atoms with Crippen LogP contribution in [0.3, 0.4) is 0 Å². The molecule has 17 heavy (non-hydrogen) atoms. The number of methoxy groups -OCH3 is 1. The lowest BCUT2D eigenvalue weighted by Gasteiger charge is -2.08. The average molecular weight is 261 g/mol. The zero-order valence-corrected chi connectivity index (χ0v) is 11.0. The molecule has 1 aromatic heterocycles. The highest BCUT2D eigenvalue weighted by Crippen LogP contribution is 2.00. The molecule has 7 heteroatoms. The Morgan fingerprint density at radius 3 is 2.94 bits per heavy atom. The van der Waals surface area contributed by atoms with Crippen LogP contribution in [-0.4, -0.2) is 50.2 Å². The van der Waals surface area contributed by atoms with Gasteiger partial charge in [-0.3, -0.25) is 0 Å². The van der Waals surface area contributed by atoms with Crippen molar-refractivity contribution in [1.82, 2.24) is 14.9 Å². The Bertz CT molecular complexity index is 428. The molecule has 0 saturated heterocycles. The Labute approximate surface area is 102 Å². The molecule has 6 nitrogen and oxygen atoms in total. The molecule has 0 unspecified atom stereocenters. The van der Waals surface area contributed by atoms with Gasteiger partial charge in [-0.25, -0.2) is 13.4 Å². The van der Waals surface area contributed by atoms with Crippen molar-refractivity contribution in [2.24, 2.45) is 0 Å². The summed E-state index contributed by atoms with van der Waals surface area (Å²) < 4.78 is 28.9. The fraction of sp³-hybridized carbons (Fsp3) is 0.700. The summed E-state index contributed by atoms with van der Waals surface area (Å²) in [5, 5.41) is 3.19. The molecule has 1 aromatic rings. The molecule has 0 spiro atoms.